The number of rotatable bonds is 11. The maximum absolute atomic E-state index is 13.2. The van der Waals surface area contributed by atoms with Gasteiger partial charge in [-0.15, -0.1) is 0 Å². The Kier molecular flexibility index (Phi) is 10.4. The highest BCUT2D eigenvalue weighted by atomic mass is 16.6. The van der Waals surface area contributed by atoms with Gasteiger partial charge in [0.1, 0.15) is 17.8 Å². The first-order chi connectivity index (χ1) is 20.4. The average Bonchev–Trinajstić information content (AvgIpc) is 3.27. The molecule has 3 rings (SSSR count). The molecule has 1 saturated heterocycles. The van der Waals surface area contributed by atoms with Gasteiger partial charge < -0.3 is 34.3 Å². The van der Waals surface area contributed by atoms with Crippen molar-refractivity contribution in [3.8, 4) is 0 Å². The summed E-state index contributed by atoms with van der Waals surface area (Å²) in [5, 5.41) is 34.4. The van der Waals surface area contributed by atoms with Gasteiger partial charge >= 0.3 is 29.8 Å². The Labute approximate surface area is 257 Å². The number of fused-ring (bicyclic) bond motifs is 3. The van der Waals surface area contributed by atoms with Crippen molar-refractivity contribution in [2.24, 2.45) is 17.8 Å². The lowest BCUT2D eigenvalue weighted by Crippen LogP contribution is -2.64. The normalized spacial score (nSPS) is 35.6. The van der Waals surface area contributed by atoms with Gasteiger partial charge in [0, 0.05) is 37.2 Å². The number of ether oxygens (including phenoxy) is 4. The molecule has 12 heteroatoms. The summed E-state index contributed by atoms with van der Waals surface area (Å²) in [6, 6.07) is 0. The Morgan fingerprint density at radius 1 is 1.09 bits per heavy atom. The van der Waals surface area contributed by atoms with Crippen LogP contribution in [0.25, 0.3) is 0 Å². The van der Waals surface area contributed by atoms with Gasteiger partial charge in [-0.3, -0.25) is 14.4 Å². The number of carboxylic acid groups (broad SMARTS) is 1. The van der Waals surface area contributed by atoms with Crippen LogP contribution in [0.15, 0.2) is 22.8 Å². The van der Waals surface area contributed by atoms with Gasteiger partial charge in [0.2, 0.25) is 0 Å². The van der Waals surface area contributed by atoms with Crippen molar-refractivity contribution in [2.75, 3.05) is 0 Å². The first-order valence-corrected chi connectivity index (χ1v) is 15.2. The Hall–Kier alpha value is -3.25. The predicted molar refractivity (Wildman–Crippen MR) is 155 cm³/mol. The second kappa shape index (κ2) is 13.0. The largest absolute Gasteiger partial charge is 0.481 e. The molecule has 0 spiro atoms. The SMILES string of the molecule is C/C=C(/C)C(=O)O[C@H]1C(C)=C2[C@H]3OC(=O)[C@@](C)(O)[C@@]3(O)[C@H](OC(=O)CCC)C[C@](C)(OC(C)=O)[C@@H]2[C@H]1C(CCCC)C(=O)O. The fourth-order valence-corrected chi connectivity index (χ4v) is 7.18. The van der Waals surface area contributed by atoms with Crippen LogP contribution < -0.4 is 0 Å². The summed E-state index contributed by atoms with van der Waals surface area (Å²) in [5.41, 5.74) is -6.14. The monoisotopic (exact) mass is 622 g/mol. The van der Waals surface area contributed by atoms with Crippen LogP contribution in [0.4, 0.5) is 0 Å². The quantitative estimate of drug-likeness (QED) is 0.133. The predicted octanol–water partition coefficient (Wildman–Crippen LogP) is 3.16. The first kappa shape index (κ1) is 35.2. The third kappa shape index (κ3) is 5.90. The zero-order chi connectivity index (χ0) is 33.4. The number of carbonyl (C=O) groups is 5. The van der Waals surface area contributed by atoms with Crippen molar-refractivity contribution in [3.05, 3.63) is 22.8 Å². The lowest BCUT2D eigenvalue weighted by Gasteiger charge is -2.43. The van der Waals surface area contributed by atoms with E-state index in [-0.39, 0.29) is 29.6 Å². The van der Waals surface area contributed by atoms with Gasteiger partial charge in [0.05, 0.1) is 5.92 Å². The molecule has 2 fully saturated rings. The van der Waals surface area contributed by atoms with Crippen molar-refractivity contribution < 1.29 is 58.2 Å². The van der Waals surface area contributed by atoms with Crippen LogP contribution in [-0.4, -0.2) is 80.3 Å². The molecular formula is C32H46O12. The summed E-state index contributed by atoms with van der Waals surface area (Å²) in [6.45, 7) is 12.2. The zero-order valence-corrected chi connectivity index (χ0v) is 26.8. The minimum absolute atomic E-state index is 0.0350. The Morgan fingerprint density at radius 2 is 1.73 bits per heavy atom. The van der Waals surface area contributed by atoms with E-state index in [2.05, 4.69) is 0 Å². The molecule has 0 amide bonds. The minimum Gasteiger partial charge on any atom is -0.481 e. The van der Waals surface area contributed by atoms with E-state index in [0.717, 1.165) is 6.92 Å². The van der Waals surface area contributed by atoms with E-state index in [4.69, 9.17) is 18.9 Å². The van der Waals surface area contributed by atoms with Gasteiger partial charge in [0.25, 0.3) is 0 Å². The lowest BCUT2D eigenvalue weighted by molar-refractivity contribution is -0.211. The highest BCUT2D eigenvalue weighted by Crippen LogP contribution is 2.60. The van der Waals surface area contributed by atoms with E-state index in [1.807, 2.05) is 6.92 Å². The van der Waals surface area contributed by atoms with Crippen molar-refractivity contribution in [1.29, 1.82) is 0 Å². The molecular weight excluding hydrogens is 576 g/mol. The smallest absolute Gasteiger partial charge is 0.341 e. The van der Waals surface area contributed by atoms with E-state index in [9.17, 15) is 39.3 Å². The fraction of sp³-hybridized carbons (Fsp3) is 0.719. The number of hydrogen-bond donors (Lipinski definition) is 3. The molecule has 2 aliphatic carbocycles. The summed E-state index contributed by atoms with van der Waals surface area (Å²) < 4.78 is 23.3. The molecule has 0 aromatic carbocycles. The molecule has 1 saturated carbocycles. The molecule has 0 aromatic rings. The molecule has 44 heavy (non-hydrogen) atoms. The standard InChI is InChI=1S/C32H46O12/c1-9-12-14-19(27(35)36)23-24-22(17(5)25(23)42-28(37)16(4)11-3)26-32(40,31(8,39)29(38)43-26)20(41-21(34)13-10-2)15-30(24,7)44-18(6)33/h11,19-20,23-26,39-40H,9-10,12-15H2,1-8H3,(H,35,36)/b16-11-/t19?,20-,23-,24+,25+,26-,30+,31-,32-/m1/s1. The Balaban J connectivity index is 2.41. The third-order valence-corrected chi connectivity index (χ3v) is 9.52. The highest BCUT2D eigenvalue weighted by Gasteiger charge is 2.76. The van der Waals surface area contributed by atoms with Gasteiger partial charge in [-0.05, 0) is 58.6 Å². The second-order valence-electron chi connectivity index (χ2n) is 12.6. The van der Waals surface area contributed by atoms with Gasteiger partial charge in [0.15, 0.2) is 17.3 Å². The van der Waals surface area contributed by atoms with E-state index in [1.54, 1.807) is 33.8 Å². The molecule has 1 unspecified atom stereocenters. The summed E-state index contributed by atoms with van der Waals surface area (Å²) in [4.78, 5) is 64.7. The number of unbranched alkanes of at least 4 members (excludes halogenated alkanes) is 1. The molecule has 1 heterocycles. The fourth-order valence-electron chi connectivity index (χ4n) is 7.18. The summed E-state index contributed by atoms with van der Waals surface area (Å²) in [7, 11) is 0. The average molecular weight is 623 g/mol. The van der Waals surface area contributed by atoms with Gasteiger partial charge in [-0.25, -0.2) is 9.59 Å². The van der Waals surface area contributed by atoms with Crippen LogP contribution in [0.3, 0.4) is 0 Å². The molecule has 3 N–H and O–H groups in total. The van der Waals surface area contributed by atoms with Gasteiger partial charge in [-0.2, -0.15) is 0 Å². The molecule has 1 aliphatic heterocycles. The Bertz CT molecular complexity index is 1250. The number of aliphatic carboxylic acids is 1. The van der Waals surface area contributed by atoms with E-state index in [0.29, 0.717) is 19.3 Å². The van der Waals surface area contributed by atoms with Crippen LogP contribution in [0, 0.1) is 17.8 Å². The molecule has 0 bridgehead atoms. The maximum atomic E-state index is 13.2. The van der Waals surface area contributed by atoms with Crippen LogP contribution >= 0.6 is 0 Å². The zero-order valence-electron chi connectivity index (χ0n) is 26.8. The van der Waals surface area contributed by atoms with E-state index in [1.165, 1.54) is 13.8 Å². The summed E-state index contributed by atoms with van der Waals surface area (Å²) >= 11 is 0. The first-order valence-electron chi connectivity index (χ1n) is 15.2. The summed E-state index contributed by atoms with van der Waals surface area (Å²) in [6.07, 6.45) is -1.59. The van der Waals surface area contributed by atoms with E-state index >= 15 is 0 Å². The molecule has 9 atom stereocenters. The highest BCUT2D eigenvalue weighted by molar-refractivity contribution is 5.88. The minimum atomic E-state index is -2.59. The van der Waals surface area contributed by atoms with Crippen LogP contribution in [0.1, 0.15) is 93.9 Å². The van der Waals surface area contributed by atoms with Crippen molar-refractivity contribution >= 4 is 29.8 Å². The number of allylic oxidation sites excluding steroid dienone is 1. The van der Waals surface area contributed by atoms with Crippen LogP contribution in [0.2, 0.25) is 0 Å². The topological polar surface area (TPSA) is 183 Å². The molecule has 12 nitrogen and oxygen atoms in total. The van der Waals surface area contributed by atoms with Crippen molar-refractivity contribution in [2.45, 2.75) is 129 Å². The number of esters is 4. The van der Waals surface area contributed by atoms with E-state index < -0.39 is 89.1 Å². The molecule has 246 valence electrons. The van der Waals surface area contributed by atoms with Crippen LogP contribution in [0.5, 0.6) is 0 Å². The van der Waals surface area contributed by atoms with Gasteiger partial charge in [-0.1, -0.05) is 32.8 Å². The second-order valence-corrected chi connectivity index (χ2v) is 12.6. The molecule has 0 aromatic heterocycles. The number of aliphatic hydroxyl groups is 2. The molecule has 0 radical (unpaired) electrons. The number of carboxylic acids is 1. The maximum Gasteiger partial charge on any atom is 0.341 e. The summed E-state index contributed by atoms with van der Waals surface area (Å²) in [5.74, 6) is -7.80. The Morgan fingerprint density at radius 3 is 2.25 bits per heavy atom. The lowest BCUT2D eigenvalue weighted by atomic mass is 9.69. The third-order valence-electron chi connectivity index (χ3n) is 9.52. The van der Waals surface area contributed by atoms with Crippen LogP contribution in [-0.2, 0) is 42.9 Å². The number of hydrogen-bond acceptors (Lipinski definition) is 11. The van der Waals surface area contributed by atoms with Crippen molar-refractivity contribution in [1.82, 2.24) is 0 Å². The number of carbonyl (C=O) groups excluding carboxylic acids is 4. The molecule has 3 aliphatic rings. The van der Waals surface area contributed by atoms with Crippen molar-refractivity contribution in [3.63, 3.8) is 0 Å².